The second kappa shape index (κ2) is 7.58. The van der Waals surface area contributed by atoms with Gasteiger partial charge in [0.25, 0.3) is 0 Å². The molecule has 0 aliphatic carbocycles. The molecule has 11 heavy (non-hydrogen) atoms. The zero-order chi connectivity index (χ0) is 8.53. The van der Waals surface area contributed by atoms with Gasteiger partial charge in [0.2, 0.25) is 0 Å². The third-order valence-corrected chi connectivity index (χ3v) is 1.70. The van der Waals surface area contributed by atoms with Gasteiger partial charge in [0.15, 0.2) is 0 Å². The van der Waals surface area contributed by atoms with Gasteiger partial charge in [-0.05, 0) is 20.3 Å². The fourth-order valence-electron chi connectivity index (χ4n) is 0.810. The topological polar surface area (TPSA) is 15.6 Å². The summed E-state index contributed by atoms with van der Waals surface area (Å²) < 4.78 is 0. The standard InChI is InChI=1S/C9H20N2/c1-4-7-8-10-9-11(5-2)6-3/h9H,4-8H2,1-3H3. The minimum Gasteiger partial charge on any atom is -0.364 e. The molecule has 0 bridgehead atoms. The molecule has 0 atom stereocenters. The Kier molecular flexibility index (Phi) is 7.21. The van der Waals surface area contributed by atoms with E-state index < -0.39 is 0 Å². The molecule has 0 heterocycles. The van der Waals surface area contributed by atoms with Crippen LogP contribution in [0.1, 0.15) is 33.6 Å². The number of aliphatic imine (C=N–C) groups is 1. The second-order valence-corrected chi connectivity index (χ2v) is 2.60. The Morgan fingerprint density at radius 3 is 2.27 bits per heavy atom. The van der Waals surface area contributed by atoms with Gasteiger partial charge in [0.1, 0.15) is 0 Å². The van der Waals surface area contributed by atoms with E-state index in [0.717, 1.165) is 19.6 Å². The normalized spacial score (nSPS) is 10.8. The summed E-state index contributed by atoms with van der Waals surface area (Å²) in [5, 5.41) is 0. The average Bonchev–Trinajstić information content (AvgIpc) is 2.05. The predicted molar refractivity (Wildman–Crippen MR) is 51.2 cm³/mol. The van der Waals surface area contributed by atoms with Gasteiger partial charge in [0, 0.05) is 19.6 Å². The summed E-state index contributed by atoms with van der Waals surface area (Å²) >= 11 is 0. The van der Waals surface area contributed by atoms with Crippen molar-refractivity contribution in [1.29, 1.82) is 0 Å². The van der Waals surface area contributed by atoms with Gasteiger partial charge >= 0.3 is 0 Å². The molecule has 0 spiro atoms. The molecule has 0 rings (SSSR count). The molecular formula is C9H20N2. The van der Waals surface area contributed by atoms with Gasteiger partial charge < -0.3 is 4.90 Å². The van der Waals surface area contributed by atoms with Crippen molar-refractivity contribution in [3.8, 4) is 0 Å². The van der Waals surface area contributed by atoms with Crippen LogP contribution in [0.25, 0.3) is 0 Å². The van der Waals surface area contributed by atoms with Crippen LogP contribution in [0.3, 0.4) is 0 Å². The summed E-state index contributed by atoms with van der Waals surface area (Å²) in [6, 6.07) is 0. The second-order valence-electron chi connectivity index (χ2n) is 2.60. The fourth-order valence-corrected chi connectivity index (χ4v) is 0.810. The van der Waals surface area contributed by atoms with E-state index in [1.54, 1.807) is 0 Å². The maximum absolute atomic E-state index is 4.30. The van der Waals surface area contributed by atoms with E-state index in [-0.39, 0.29) is 0 Å². The predicted octanol–water partition coefficient (Wildman–Crippen LogP) is 2.16. The number of hydrogen-bond acceptors (Lipinski definition) is 1. The average molecular weight is 156 g/mol. The zero-order valence-electron chi connectivity index (χ0n) is 8.01. The van der Waals surface area contributed by atoms with Crippen LogP contribution < -0.4 is 0 Å². The van der Waals surface area contributed by atoms with Gasteiger partial charge in [-0.25, -0.2) is 0 Å². The van der Waals surface area contributed by atoms with E-state index in [4.69, 9.17) is 0 Å². The maximum atomic E-state index is 4.30. The lowest BCUT2D eigenvalue weighted by Gasteiger charge is -2.13. The van der Waals surface area contributed by atoms with Gasteiger partial charge in [-0.2, -0.15) is 0 Å². The van der Waals surface area contributed by atoms with Crippen molar-refractivity contribution in [2.45, 2.75) is 33.6 Å². The molecule has 0 aromatic heterocycles. The van der Waals surface area contributed by atoms with Crippen molar-refractivity contribution in [3.63, 3.8) is 0 Å². The molecule has 0 aliphatic rings. The summed E-state index contributed by atoms with van der Waals surface area (Å²) in [6.45, 7) is 9.59. The maximum Gasteiger partial charge on any atom is 0.0849 e. The highest BCUT2D eigenvalue weighted by Gasteiger charge is 1.88. The van der Waals surface area contributed by atoms with E-state index in [1.165, 1.54) is 12.8 Å². The van der Waals surface area contributed by atoms with Crippen molar-refractivity contribution in [2.75, 3.05) is 19.6 Å². The third-order valence-electron chi connectivity index (χ3n) is 1.70. The van der Waals surface area contributed by atoms with E-state index in [0.29, 0.717) is 0 Å². The van der Waals surface area contributed by atoms with Crippen LogP contribution in [0.2, 0.25) is 0 Å². The summed E-state index contributed by atoms with van der Waals surface area (Å²) in [5.74, 6) is 0. The van der Waals surface area contributed by atoms with Crippen molar-refractivity contribution < 1.29 is 0 Å². The van der Waals surface area contributed by atoms with Crippen LogP contribution in [-0.2, 0) is 0 Å². The highest BCUT2D eigenvalue weighted by Crippen LogP contribution is 1.87. The molecule has 0 saturated carbocycles. The fraction of sp³-hybridized carbons (Fsp3) is 0.889. The van der Waals surface area contributed by atoms with Crippen LogP contribution in [0.15, 0.2) is 4.99 Å². The summed E-state index contributed by atoms with van der Waals surface area (Å²) in [6.07, 6.45) is 4.41. The highest BCUT2D eigenvalue weighted by molar-refractivity contribution is 5.54. The van der Waals surface area contributed by atoms with E-state index in [9.17, 15) is 0 Å². The third kappa shape index (κ3) is 5.89. The van der Waals surface area contributed by atoms with Gasteiger partial charge in [-0.1, -0.05) is 13.3 Å². The van der Waals surface area contributed by atoms with Gasteiger partial charge in [-0.3, -0.25) is 4.99 Å². The molecule has 0 aliphatic heterocycles. The lowest BCUT2D eigenvalue weighted by atomic mass is 10.3. The largest absolute Gasteiger partial charge is 0.364 e. The summed E-state index contributed by atoms with van der Waals surface area (Å²) in [7, 11) is 0. The summed E-state index contributed by atoms with van der Waals surface area (Å²) in [4.78, 5) is 6.51. The Labute approximate surface area is 70.3 Å². The molecule has 0 saturated heterocycles. The molecule has 0 N–H and O–H groups in total. The van der Waals surface area contributed by atoms with E-state index in [2.05, 4.69) is 30.7 Å². The number of rotatable bonds is 6. The van der Waals surface area contributed by atoms with Crippen LogP contribution in [0.4, 0.5) is 0 Å². The van der Waals surface area contributed by atoms with Crippen LogP contribution >= 0.6 is 0 Å². The summed E-state index contributed by atoms with van der Waals surface area (Å²) in [5.41, 5.74) is 0. The molecule has 0 unspecified atom stereocenters. The van der Waals surface area contributed by atoms with E-state index in [1.807, 2.05) is 6.34 Å². The smallest absolute Gasteiger partial charge is 0.0849 e. The zero-order valence-corrected chi connectivity index (χ0v) is 8.01. The first-order chi connectivity index (χ1) is 5.35. The Morgan fingerprint density at radius 2 is 1.82 bits per heavy atom. The number of unbranched alkanes of at least 4 members (excludes halogenated alkanes) is 1. The van der Waals surface area contributed by atoms with Crippen LogP contribution in [-0.4, -0.2) is 30.9 Å². The molecule has 66 valence electrons. The molecular weight excluding hydrogens is 136 g/mol. The molecule has 2 nitrogen and oxygen atoms in total. The first-order valence-corrected chi connectivity index (χ1v) is 4.59. The molecule has 0 fully saturated rings. The van der Waals surface area contributed by atoms with Crippen molar-refractivity contribution in [2.24, 2.45) is 4.99 Å². The van der Waals surface area contributed by atoms with Crippen LogP contribution in [0.5, 0.6) is 0 Å². The van der Waals surface area contributed by atoms with Crippen molar-refractivity contribution in [1.82, 2.24) is 4.90 Å². The van der Waals surface area contributed by atoms with Crippen molar-refractivity contribution >= 4 is 6.34 Å². The van der Waals surface area contributed by atoms with E-state index >= 15 is 0 Å². The minimum atomic E-state index is 0.979. The molecule has 0 radical (unpaired) electrons. The first kappa shape index (κ1) is 10.5. The molecule has 2 heteroatoms. The molecule has 0 aromatic carbocycles. The number of nitrogens with zero attached hydrogens (tertiary/aromatic N) is 2. The van der Waals surface area contributed by atoms with Gasteiger partial charge in [-0.15, -0.1) is 0 Å². The lowest BCUT2D eigenvalue weighted by molar-refractivity contribution is 0.477. The minimum absolute atomic E-state index is 0.979. The Bertz CT molecular complexity index is 95.7. The SMILES string of the molecule is CCCCN=CN(CC)CC. The Hall–Kier alpha value is -0.530. The lowest BCUT2D eigenvalue weighted by Crippen LogP contribution is -2.20. The van der Waals surface area contributed by atoms with Crippen molar-refractivity contribution in [3.05, 3.63) is 0 Å². The Morgan fingerprint density at radius 1 is 1.18 bits per heavy atom. The number of hydrogen-bond donors (Lipinski definition) is 0. The molecule has 0 aromatic rings. The van der Waals surface area contributed by atoms with Gasteiger partial charge in [0.05, 0.1) is 6.34 Å². The molecule has 0 amide bonds. The first-order valence-electron chi connectivity index (χ1n) is 4.59. The van der Waals surface area contributed by atoms with Crippen LogP contribution in [0, 0.1) is 0 Å². The quantitative estimate of drug-likeness (QED) is 0.327. The highest BCUT2D eigenvalue weighted by atomic mass is 15.1. The Balaban J connectivity index is 3.36. The monoisotopic (exact) mass is 156 g/mol.